The average Bonchev–Trinajstić information content (AvgIpc) is 3.73. The van der Waals surface area contributed by atoms with E-state index in [2.05, 4.69) is 20.8 Å². The van der Waals surface area contributed by atoms with Crippen molar-refractivity contribution in [2.45, 2.75) is 62.3 Å². The molecule has 0 spiro atoms. The maximum absolute atomic E-state index is 13.3. The summed E-state index contributed by atoms with van der Waals surface area (Å²) < 4.78 is 19.9. The highest BCUT2D eigenvalue weighted by Crippen LogP contribution is 2.40. The number of alkyl carbamates (subject to hydrolysis) is 1. The first-order chi connectivity index (χ1) is 25.8. The third-order valence-electron chi connectivity index (χ3n) is 9.18. The number of likely N-dealkylation sites (tertiary alicyclic amines) is 1. The first-order valence-electron chi connectivity index (χ1n) is 17.2. The number of carbonyl (C=O) groups excluding carboxylic acids is 3. The van der Waals surface area contributed by atoms with E-state index in [0.717, 1.165) is 38.9 Å². The van der Waals surface area contributed by atoms with Crippen LogP contribution in [0.4, 0.5) is 4.79 Å². The highest BCUT2D eigenvalue weighted by molar-refractivity contribution is 7.99. The number of nitrogens with one attached hydrogen (secondary N) is 1. The van der Waals surface area contributed by atoms with Gasteiger partial charge in [0.2, 0.25) is 11.1 Å². The summed E-state index contributed by atoms with van der Waals surface area (Å²) in [5, 5.41) is 24.5. The van der Waals surface area contributed by atoms with Crippen LogP contribution in [0, 0.1) is 0 Å². The average molecular weight is 735 g/mol. The van der Waals surface area contributed by atoms with Gasteiger partial charge in [0.1, 0.15) is 12.6 Å². The van der Waals surface area contributed by atoms with Gasteiger partial charge in [-0.3, -0.25) is 14.5 Å². The van der Waals surface area contributed by atoms with Crippen molar-refractivity contribution in [3.63, 3.8) is 0 Å². The van der Waals surface area contributed by atoms with Crippen molar-refractivity contribution in [2.75, 3.05) is 5.75 Å². The van der Waals surface area contributed by atoms with Crippen molar-refractivity contribution in [1.29, 1.82) is 0 Å². The SMILES string of the molecule is Cn1nnnc1SC[C@@H]1C[C@H](c2ccc(CO)cc2)O[C@H](c2ccc(-c3ccccc3CN3C(=O)CC(NC(=O)OCc4ccccc4)C3=O)cc2)O1. The summed E-state index contributed by atoms with van der Waals surface area (Å²) in [4.78, 5) is 39.9. The lowest BCUT2D eigenvalue weighted by atomic mass is 9.97. The Labute approximate surface area is 310 Å². The van der Waals surface area contributed by atoms with E-state index in [-0.39, 0.29) is 44.3 Å². The van der Waals surface area contributed by atoms with E-state index in [9.17, 15) is 19.5 Å². The molecule has 2 N–H and O–H groups in total. The molecule has 0 radical (unpaired) electrons. The fourth-order valence-electron chi connectivity index (χ4n) is 6.33. The van der Waals surface area contributed by atoms with Crippen LogP contribution in [0.3, 0.4) is 0 Å². The van der Waals surface area contributed by atoms with Crippen molar-refractivity contribution < 1.29 is 33.7 Å². The molecule has 2 fully saturated rings. The number of amides is 3. The second-order valence-corrected chi connectivity index (χ2v) is 13.8. The van der Waals surface area contributed by atoms with Gasteiger partial charge in [0, 0.05) is 24.8 Å². The molecule has 0 bridgehead atoms. The molecule has 14 heteroatoms. The summed E-state index contributed by atoms with van der Waals surface area (Å²) in [5.74, 6) is -0.236. The van der Waals surface area contributed by atoms with E-state index in [0.29, 0.717) is 17.3 Å². The molecular formula is C39H38N6O7S. The van der Waals surface area contributed by atoms with Gasteiger partial charge in [0.15, 0.2) is 6.29 Å². The third-order valence-corrected chi connectivity index (χ3v) is 10.3. The van der Waals surface area contributed by atoms with Crippen molar-refractivity contribution in [2.24, 2.45) is 7.05 Å². The highest BCUT2D eigenvalue weighted by Gasteiger charge is 2.40. The van der Waals surface area contributed by atoms with Crippen LogP contribution in [0.5, 0.6) is 0 Å². The first-order valence-corrected chi connectivity index (χ1v) is 18.2. The standard InChI is InChI=1S/C39H38N6O7S/c1-44-38(41-42-43-44)53-24-31-19-34(28-13-11-25(22-46)12-14-28)52-37(51-31)29-17-15-27(16-18-29)32-10-6-5-9-30(32)21-45-35(47)20-33(36(45)48)40-39(49)50-23-26-7-3-2-4-8-26/h2-18,31,33-34,37,46H,19-24H2,1H3,(H,40,49)/t31-,33?,34+,37+/m0/s1. The summed E-state index contributed by atoms with van der Waals surface area (Å²) in [5.41, 5.74) is 5.98. The second kappa shape index (κ2) is 16.5. The molecule has 2 aliphatic heterocycles. The van der Waals surface area contributed by atoms with Gasteiger partial charge in [-0.2, -0.15) is 0 Å². The van der Waals surface area contributed by atoms with Crippen LogP contribution < -0.4 is 5.32 Å². The zero-order valence-electron chi connectivity index (χ0n) is 28.9. The number of aromatic nitrogens is 4. The zero-order chi connectivity index (χ0) is 36.7. The maximum Gasteiger partial charge on any atom is 0.408 e. The fourth-order valence-corrected chi connectivity index (χ4v) is 7.20. The number of thioether (sulfide) groups is 1. The number of hydrogen-bond acceptors (Lipinski definition) is 11. The Hall–Kier alpha value is -5.41. The van der Waals surface area contributed by atoms with Crippen molar-refractivity contribution in [3.05, 3.63) is 131 Å². The Morgan fingerprint density at radius 1 is 0.925 bits per heavy atom. The molecule has 272 valence electrons. The minimum Gasteiger partial charge on any atom is -0.445 e. The van der Waals surface area contributed by atoms with E-state index in [1.54, 1.807) is 11.7 Å². The molecule has 13 nitrogen and oxygen atoms in total. The van der Waals surface area contributed by atoms with E-state index in [1.165, 1.54) is 16.7 Å². The molecule has 5 aromatic rings. The molecule has 1 aromatic heterocycles. The van der Waals surface area contributed by atoms with Crippen LogP contribution in [-0.2, 0) is 50.6 Å². The normalized spacial score (nSPS) is 20.1. The van der Waals surface area contributed by atoms with Gasteiger partial charge in [-0.1, -0.05) is 115 Å². The number of hydrogen-bond donors (Lipinski definition) is 2. The monoisotopic (exact) mass is 734 g/mol. The summed E-state index contributed by atoms with van der Waals surface area (Å²) in [6, 6.07) is 31.4. The molecule has 2 aliphatic rings. The lowest BCUT2D eigenvalue weighted by Gasteiger charge is -2.36. The Balaban J connectivity index is 1.03. The number of tetrazole rings is 1. The Morgan fingerprint density at radius 3 is 2.40 bits per heavy atom. The topological polar surface area (TPSA) is 158 Å². The third kappa shape index (κ3) is 8.63. The van der Waals surface area contributed by atoms with Gasteiger partial charge in [0.25, 0.3) is 5.91 Å². The lowest BCUT2D eigenvalue weighted by molar-refractivity contribution is -0.245. The number of ether oxygens (including phenoxy) is 3. The van der Waals surface area contributed by atoms with Gasteiger partial charge in [0.05, 0.1) is 31.8 Å². The number of carbonyl (C=O) groups is 3. The van der Waals surface area contributed by atoms with E-state index < -0.39 is 24.3 Å². The molecule has 7 rings (SSSR count). The number of aliphatic hydroxyl groups excluding tert-OH is 1. The molecular weight excluding hydrogens is 697 g/mol. The number of aryl methyl sites for hydroxylation is 1. The smallest absolute Gasteiger partial charge is 0.408 e. The van der Waals surface area contributed by atoms with Crippen LogP contribution in [0.25, 0.3) is 11.1 Å². The van der Waals surface area contributed by atoms with Crippen molar-refractivity contribution in [1.82, 2.24) is 30.4 Å². The molecule has 4 aromatic carbocycles. The van der Waals surface area contributed by atoms with Gasteiger partial charge in [-0.15, -0.1) is 5.10 Å². The van der Waals surface area contributed by atoms with Crippen LogP contribution in [0.1, 0.15) is 53.1 Å². The molecule has 4 atom stereocenters. The Morgan fingerprint density at radius 2 is 1.66 bits per heavy atom. The van der Waals surface area contributed by atoms with E-state index in [1.807, 2.05) is 103 Å². The fraction of sp³-hybridized carbons (Fsp3) is 0.282. The first kappa shape index (κ1) is 36.0. The number of aliphatic hydroxyl groups is 1. The minimum atomic E-state index is -0.997. The largest absolute Gasteiger partial charge is 0.445 e. The summed E-state index contributed by atoms with van der Waals surface area (Å²) >= 11 is 1.51. The van der Waals surface area contributed by atoms with Crippen LogP contribution in [-0.4, -0.2) is 66.0 Å². The second-order valence-electron chi connectivity index (χ2n) is 12.8. The summed E-state index contributed by atoms with van der Waals surface area (Å²) in [7, 11) is 1.79. The van der Waals surface area contributed by atoms with Crippen LogP contribution >= 0.6 is 11.8 Å². The molecule has 1 unspecified atom stereocenters. The number of benzene rings is 4. The predicted octanol–water partition coefficient (Wildman–Crippen LogP) is 5.26. The predicted molar refractivity (Wildman–Crippen MR) is 194 cm³/mol. The molecule has 0 aliphatic carbocycles. The molecule has 53 heavy (non-hydrogen) atoms. The number of nitrogens with zero attached hydrogens (tertiary/aromatic N) is 5. The highest BCUT2D eigenvalue weighted by atomic mass is 32.2. The maximum atomic E-state index is 13.3. The minimum absolute atomic E-state index is 0.0353. The van der Waals surface area contributed by atoms with E-state index in [4.69, 9.17) is 14.2 Å². The summed E-state index contributed by atoms with van der Waals surface area (Å²) in [6.07, 6.45) is -1.34. The lowest BCUT2D eigenvalue weighted by Crippen LogP contribution is -2.41. The molecule has 2 saturated heterocycles. The molecule has 3 heterocycles. The van der Waals surface area contributed by atoms with Crippen molar-refractivity contribution in [3.8, 4) is 11.1 Å². The van der Waals surface area contributed by atoms with Crippen LogP contribution in [0.2, 0.25) is 0 Å². The Kier molecular flexibility index (Phi) is 11.2. The van der Waals surface area contributed by atoms with Gasteiger partial charge in [-0.25, -0.2) is 9.48 Å². The number of imide groups is 1. The Bertz CT molecular complexity index is 2040. The van der Waals surface area contributed by atoms with E-state index >= 15 is 0 Å². The van der Waals surface area contributed by atoms with Crippen molar-refractivity contribution >= 4 is 29.7 Å². The molecule has 3 amide bonds. The van der Waals surface area contributed by atoms with Gasteiger partial charge in [-0.05, 0) is 43.8 Å². The van der Waals surface area contributed by atoms with Gasteiger partial charge >= 0.3 is 6.09 Å². The molecule has 0 saturated carbocycles. The number of rotatable bonds is 12. The van der Waals surface area contributed by atoms with Gasteiger partial charge < -0.3 is 24.6 Å². The van der Waals surface area contributed by atoms with Crippen LogP contribution in [0.15, 0.2) is 108 Å². The summed E-state index contributed by atoms with van der Waals surface area (Å²) in [6.45, 7) is 0.0722. The quantitative estimate of drug-likeness (QED) is 0.127. The zero-order valence-corrected chi connectivity index (χ0v) is 29.7.